The molecule has 2 N–H and O–H groups in total. The number of H-pyrrole nitrogens is 1. The second-order valence-electron chi connectivity index (χ2n) is 5.09. The summed E-state index contributed by atoms with van der Waals surface area (Å²) in [5.74, 6) is 0.258. The number of aromatic nitrogens is 3. The largest absolute Gasteiger partial charge is 0.497 e. The zero-order chi connectivity index (χ0) is 18.5. The number of ether oxygens (including phenoxy) is 2. The predicted octanol–water partition coefficient (Wildman–Crippen LogP) is 2.82. The number of nitrogens with one attached hydrogen (secondary N) is 2. The van der Waals surface area contributed by atoms with E-state index in [0.29, 0.717) is 5.13 Å². The van der Waals surface area contributed by atoms with Gasteiger partial charge in [-0.25, -0.2) is 14.8 Å². The summed E-state index contributed by atoms with van der Waals surface area (Å²) in [7, 11) is 1.61. The highest BCUT2D eigenvalue weighted by Gasteiger charge is 2.13. The van der Waals surface area contributed by atoms with Crippen LogP contribution in [0.3, 0.4) is 0 Å². The number of hydrogen-bond donors (Lipinski definition) is 2. The summed E-state index contributed by atoms with van der Waals surface area (Å²) in [4.78, 5) is 34.6. The Morgan fingerprint density at radius 3 is 2.73 bits per heavy atom. The molecule has 0 aliphatic heterocycles. The lowest BCUT2D eigenvalue weighted by molar-refractivity contribution is 0.0524. The Balaban J connectivity index is 1.75. The lowest BCUT2D eigenvalue weighted by atomic mass is 10.2. The van der Waals surface area contributed by atoms with Crippen LogP contribution in [0.2, 0.25) is 0 Å². The van der Waals surface area contributed by atoms with Gasteiger partial charge in [0.05, 0.1) is 25.6 Å². The fourth-order valence-corrected chi connectivity index (χ4v) is 2.86. The van der Waals surface area contributed by atoms with E-state index in [0.717, 1.165) is 17.0 Å². The molecule has 0 spiro atoms. The van der Waals surface area contributed by atoms with E-state index < -0.39 is 11.5 Å². The average molecular weight is 372 g/mol. The van der Waals surface area contributed by atoms with Gasteiger partial charge in [-0.3, -0.25) is 9.78 Å². The molecule has 3 rings (SSSR count). The first kappa shape index (κ1) is 17.6. The van der Waals surface area contributed by atoms with Crippen molar-refractivity contribution in [2.45, 2.75) is 6.92 Å². The molecule has 134 valence electrons. The van der Waals surface area contributed by atoms with Gasteiger partial charge < -0.3 is 14.8 Å². The van der Waals surface area contributed by atoms with E-state index in [1.807, 2.05) is 29.6 Å². The summed E-state index contributed by atoms with van der Waals surface area (Å²) in [6.45, 7) is 1.85. The van der Waals surface area contributed by atoms with E-state index in [2.05, 4.69) is 20.3 Å². The Hall–Kier alpha value is -3.20. The maximum atomic E-state index is 12.0. The first-order valence-electron chi connectivity index (χ1n) is 7.74. The molecule has 2 aromatic heterocycles. The number of aromatic amines is 1. The summed E-state index contributed by atoms with van der Waals surface area (Å²) in [6.07, 6.45) is 1.18. The van der Waals surface area contributed by atoms with Crippen LogP contribution < -0.4 is 15.6 Å². The van der Waals surface area contributed by atoms with E-state index >= 15 is 0 Å². The van der Waals surface area contributed by atoms with Crippen molar-refractivity contribution in [1.82, 2.24) is 15.0 Å². The van der Waals surface area contributed by atoms with Crippen LogP contribution in [0.4, 0.5) is 11.1 Å². The van der Waals surface area contributed by atoms with Gasteiger partial charge in [-0.15, -0.1) is 11.3 Å². The van der Waals surface area contributed by atoms with Crippen molar-refractivity contribution in [1.29, 1.82) is 0 Å². The smallest absolute Gasteiger partial charge is 0.345 e. The first-order valence-corrected chi connectivity index (χ1v) is 8.62. The maximum Gasteiger partial charge on any atom is 0.345 e. The number of thiazole rings is 1. The number of rotatable bonds is 6. The summed E-state index contributed by atoms with van der Waals surface area (Å²) >= 11 is 1.37. The lowest BCUT2D eigenvalue weighted by Crippen LogP contribution is -2.21. The van der Waals surface area contributed by atoms with Crippen LogP contribution in [0.15, 0.2) is 40.6 Å². The van der Waals surface area contributed by atoms with Crippen LogP contribution in [0, 0.1) is 0 Å². The zero-order valence-electron chi connectivity index (χ0n) is 14.1. The molecule has 9 heteroatoms. The first-order chi connectivity index (χ1) is 12.6. The average Bonchev–Trinajstić information content (AvgIpc) is 3.10. The van der Waals surface area contributed by atoms with Crippen LogP contribution in [0.25, 0.3) is 11.3 Å². The van der Waals surface area contributed by atoms with E-state index in [9.17, 15) is 9.59 Å². The minimum atomic E-state index is -0.705. The summed E-state index contributed by atoms with van der Waals surface area (Å²) < 4.78 is 9.93. The molecule has 1 aromatic carbocycles. The molecule has 0 radical (unpaired) electrons. The molecule has 3 aromatic rings. The number of benzene rings is 1. The Bertz CT molecular complexity index is 965. The van der Waals surface area contributed by atoms with Crippen molar-refractivity contribution in [3.63, 3.8) is 0 Å². The third-order valence-electron chi connectivity index (χ3n) is 3.41. The van der Waals surface area contributed by atoms with Gasteiger partial charge in [-0.05, 0) is 31.2 Å². The van der Waals surface area contributed by atoms with Crippen LogP contribution in [-0.2, 0) is 4.74 Å². The third kappa shape index (κ3) is 3.89. The van der Waals surface area contributed by atoms with Crippen LogP contribution in [-0.4, -0.2) is 34.6 Å². The molecule has 0 amide bonds. The van der Waals surface area contributed by atoms with Crippen molar-refractivity contribution in [3.8, 4) is 17.0 Å². The maximum absolute atomic E-state index is 12.0. The molecule has 0 saturated heterocycles. The van der Waals surface area contributed by atoms with Crippen molar-refractivity contribution in [2.75, 3.05) is 19.0 Å². The van der Waals surface area contributed by atoms with E-state index in [1.165, 1.54) is 17.5 Å². The molecule has 0 aliphatic rings. The lowest BCUT2D eigenvalue weighted by Gasteiger charge is -2.03. The molecular formula is C17H16N4O4S. The van der Waals surface area contributed by atoms with Crippen LogP contribution in [0.5, 0.6) is 5.75 Å². The highest BCUT2D eigenvalue weighted by Crippen LogP contribution is 2.27. The normalized spacial score (nSPS) is 10.4. The van der Waals surface area contributed by atoms with Gasteiger partial charge in [0, 0.05) is 10.9 Å². The Kier molecular flexibility index (Phi) is 5.28. The van der Waals surface area contributed by atoms with Crippen molar-refractivity contribution in [2.24, 2.45) is 0 Å². The van der Waals surface area contributed by atoms with E-state index in [4.69, 9.17) is 9.47 Å². The summed E-state index contributed by atoms with van der Waals surface area (Å²) in [6, 6.07) is 7.53. The van der Waals surface area contributed by atoms with E-state index in [1.54, 1.807) is 14.0 Å². The monoisotopic (exact) mass is 372 g/mol. The number of anilines is 2. The van der Waals surface area contributed by atoms with Crippen molar-refractivity contribution >= 4 is 28.4 Å². The van der Waals surface area contributed by atoms with Gasteiger partial charge in [-0.1, -0.05) is 0 Å². The highest BCUT2D eigenvalue weighted by molar-refractivity contribution is 7.14. The quantitative estimate of drug-likeness (QED) is 0.641. The van der Waals surface area contributed by atoms with Gasteiger partial charge >= 0.3 is 5.97 Å². The zero-order valence-corrected chi connectivity index (χ0v) is 14.9. The Morgan fingerprint density at radius 1 is 1.31 bits per heavy atom. The minimum absolute atomic E-state index is 0.143. The van der Waals surface area contributed by atoms with Gasteiger partial charge in [0.2, 0.25) is 5.95 Å². The molecule has 0 aliphatic carbocycles. The molecule has 2 heterocycles. The van der Waals surface area contributed by atoms with Crippen molar-refractivity contribution in [3.05, 3.63) is 51.8 Å². The predicted molar refractivity (Wildman–Crippen MR) is 98.2 cm³/mol. The highest BCUT2D eigenvalue weighted by atomic mass is 32.1. The van der Waals surface area contributed by atoms with Crippen molar-refractivity contribution < 1.29 is 14.3 Å². The van der Waals surface area contributed by atoms with Crippen LogP contribution >= 0.6 is 11.3 Å². The summed E-state index contributed by atoms with van der Waals surface area (Å²) in [5, 5.41) is 5.36. The minimum Gasteiger partial charge on any atom is -0.497 e. The summed E-state index contributed by atoms with van der Waals surface area (Å²) in [5.41, 5.74) is 1.00. The molecule has 8 nitrogen and oxygen atoms in total. The SMILES string of the molecule is CCOC(=O)c1cnc(Nc2nc(-c3ccc(OC)cc3)cs2)[nH]c1=O. The second kappa shape index (κ2) is 7.79. The fraction of sp³-hybridized carbons (Fsp3) is 0.176. The topological polar surface area (TPSA) is 106 Å². The van der Waals surface area contributed by atoms with Crippen LogP contribution in [0.1, 0.15) is 17.3 Å². The van der Waals surface area contributed by atoms with E-state index in [-0.39, 0.29) is 18.1 Å². The van der Waals surface area contributed by atoms with Gasteiger partial charge in [0.1, 0.15) is 11.3 Å². The Morgan fingerprint density at radius 2 is 2.08 bits per heavy atom. The number of carbonyl (C=O) groups excluding carboxylic acids is 1. The number of esters is 1. The second-order valence-corrected chi connectivity index (χ2v) is 5.94. The number of hydrogen-bond acceptors (Lipinski definition) is 8. The molecule has 0 unspecified atom stereocenters. The molecule has 0 atom stereocenters. The number of methoxy groups -OCH3 is 1. The Labute approximate surface area is 152 Å². The fourth-order valence-electron chi connectivity index (χ4n) is 2.14. The number of carbonyl (C=O) groups is 1. The standard InChI is InChI=1S/C17H16N4O4S/c1-3-25-15(23)12-8-18-16(20-14(12)22)21-17-19-13(9-26-17)10-4-6-11(24-2)7-5-10/h4-9H,3H2,1-2H3,(H2,18,19,20,21,22). The van der Waals surface area contributed by atoms with Gasteiger partial charge in [0.25, 0.3) is 5.56 Å². The molecule has 0 saturated carbocycles. The van der Waals surface area contributed by atoms with Gasteiger partial charge in [-0.2, -0.15) is 0 Å². The number of nitrogens with zero attached hydrogens (tertiary/aromatic N) is 2. The molecule has 26 heavy (non-hydrogen) atoms. The molecule has 0 bridgehead atoms. The molecular weight excluding hydrogens is 356 g/mol. The van der Waals surface area contributed by atoms with Gasteiger partial charge in [0.15, 0.2) is 5.13 Å². The third-order valence-corrected chi connectivity index (χ3v) is 4.17. The molecule has 0 fully saturated rings.